The van der Waals surface area contributed by atoms with E-state index in [0.29, 0.717) is 5.69 Å². The summed E-state index contributed by atoms with van der Waals surface area (Å²) in [6.07, 6.45) is 2.04. The molecule has 21 heavy (non-hydrogen) atoms. The molecule has 2 aliphatic rings. The van der Waals surface area contributed by atoms with Crippen LogP contribution >= 0.6 is 15.9 Å². The van der Waals surface area contributed by atoms with E-state index in [9.17, 15) is 9.59 Å². The number of imide groups is 1. The standard InChI is InChI=1S/C16H18BrNO3/c1-15(2,3)21-14(20)18-12-9-10(17)5-6-11(12)16(13(18)19)7-4-8-16/h5-6,9H,4,7-8H2,1-3H3. The number of halogens is 1. The third kappa shape index (κ3) is 2.18. The number of carbonyl (C=O) groups excluding carboxylic acids is 2. The van der Waals surface area contributed by atoms with Crippen molar-refractivity contribution in [3.05, 3.63) is 28.2 Å². The van der Waals surface area contributed by atoms with E-state index >= 15 is 0 Å². The molecule has 2 amide bonds. The van der Waals surface area contributed by atoms with Crippen LogP contribution in [0.5, 0.6) is 0 Å². The second kappa shape index (κ2) is 4.57. The highest BCUT2D eigenvalue weighted by Crippen LogP contribution is 2.54. The summed E-state index contributed by atoms with van der Waals surface area (Å²) in [6, 6.07) is 5.69. The van der Waals surface area contributed by atoms with Gasteiger partial charge in [0, 0.05) is 4.47 Å². The Morgan fingerprint density at radius 2 is 2.00 bits per heavy atom. The van der Waals surface area contributed by atoms with Gasteiger partial charge < -0.3 is 4.74 Å². The van der Waals surface area contributed by atoms with Crippen LogP contribution < -0.4 is 4.90 Å². The fourth-order valence-corrected chi connectivity index (χ4v) is 3.38. The lowest BCUT2D eigenvalue weighted by molar-refractivity contribution is -0.125. The first kappa shape index (κ1) is 14.6. The third-order valence-electron chi connectivity index (χ3n) is 4.11. The van der Waals surface area contributed by atoms with Crippen LogP contribution in [0.4, 0.5) is 10.5 Å². The van der Waals surface area contributed by atoms with Crippen LogP contribution in [0.2, 0.25) is 0 Å². The highest BCUT2D eigenvalue weighted by molar-refractivity contribution is 9.10. The van der Waals surface area contributed by atoms with Gasteiger partial charge in [0.2, 0.25) is 5.91 Å². The fourth-order valence-electron chi connectivity index (χ4n) is 3.04. The highest BCUT2D eigenvalue weighted by atomic mass is 79.9. The van der Waals surface area contributed by atoms with Crippen molar-refractivity contribution >= 4 is 33.6 Å². The minimum Gasteiger partial charge on any atom is -0.443 e. The largest absolute Gasteiger partial charge is 0.443 e. The maximum atomic E-state index is 12.8. The van der Waals surface area contributed by atoms with Gasteiger partial charge >= 0.3 is 6.09 Å². The average molecular weight is 352 g/mol. The smallest absolute Gasteiger partial charge is 0.421 e. The maximum Gasteiger partial charge on any atom is 0.421 e. The Bertz CT molecular complexity index is 629. The number of hydrogen-bond acceptors (Lipinski definition) is 3. The number of ether oxygens (including phenoxy) is 1. The van der Waals surface area contributed by atoms with Crippen molar-refractivity contribution < 1.29 is 14.3 Å². The van der Waals surface area contributed by atoms with Gasteiger partial charge in [-0.15, -0.1) is 0 Å². The van der Waals surface area contributed by atoms with E-state index in [4.69, 9.17) is 4.74 Å². The van der Waals surface area contributed by atoms with Crippen molar-refractivity contribution in [3.63, 3.8) is 0 Å². The molecule has 1 aromatic carbocycles. The quantitative estimate of drug-likeness (QED) is 0.705. The van der Waals surface area contributed by atoms with E-state index in [1.807, 2.05) is 18.2 Å². The minimum atomic E-state index is -0.626. The van der Waals surface area contributed by atoms with Gasteiger partial charge in [0.25, 0.3) is 0 Å². The Hall–Kier alpha value is -1.36. The molecule has 0 unspecified atom stereocenters. The number of hydrogen-bond donors (Lipinski definition) is 0. The average Bonchev–Trinajstić information content (AvgIpc) is 2.53. The zero-order valence-electron chi connectivity index (χ0n) is 12.4. The number of amides is 2. The number of nitrogens with zero attached hydrogens (tertiary/aromatic N) is 1. The van der Waals surface area contributed by atoms with Crippen LogP contribution in [0.3, 0.4) is 0 Å². The number of rotatable bonds is 0. The van der Waals surface area contributed by atoms with E-state index in [1.54, 1.807) is 20.8 Å². The van der Waals surface area contributed by atoms with E-state index < -0.39 is 17.1 Å². The Kier molecular flexibility index (Phi) is 3.17. The molecule has 112 valence electrons. The van der Waals surface area contributed by atoms with Crippen molar-refractivity contribution in [2.45, 2.75) is 51.0 Å². The van der Waals surface area contributed by atoms with Crippen LogP contribution in [0.25, 0.3) is 0 Å². The Morgan fingerprint density at radius 3 is 2.52 bits per heavy atom. The second-order valence-electron chi connectivity index (χ2n) is 6.72. The van der Waals surface area contributed by atoms with Gasteiger partial charge in [-0.25, -0.2) is 9.69 Å². The van der Waals surface area contributed by atoms with Gasteiger partial charge in [0.05, 0.1) is 11.1 Å². The Balaban J connectivity index is 2.05. The summed E-state index contributed by atoms with van der Waals surface area (Å²) in [5, 5.41) is 0. The molecule has 3 rings (SSSR count). The fraction of sp³-hybridized carbons (Fsp3) is 0.500. The van der Waals surface area contributed by atoms with Crippen molar-refractivity contribution in [3.8, 4) is 0 Å². The molecule has 0 aromatic heterocycles. The summed E-state index contributed by atoms with van der Waals surface area (Å²) < 4.78 is 6.25. The van der Waals surface area contributed by atoms with Crippen LogP contribution in [0.15, 0.2) is 22.7 Å². The predicted octanol–water partition coefficient (Wildman–Crippen LogP) is 4.15. The number of anilines is 1. The molecular weight excluding hydrogens is 334 g/mol. The zero-order valence-corrected chi connectivity index (χ0v) is 14.0. The molecule has 4 nitrogen and oxygen atoms in total. The predicted molar refractivity (Wildman–Crippen MR) is 83.4 cm³/mol. The normalized spacial score (nSPS) is 19.4. The van der Waals surface area contributed by atoms with Gasteiger partial charge in [-0.3, -0.25) is 4.79 Å². The molecule has 0 radical (unpaired) electrons. The first-order valence-electron chi connectivity index (χ1n) is 7.12. The van der Waals surface area contributed by atoms with Gasteiger partial charge in [0.1, 0.15) is 5.60 Å². The molecule has 0 N–H and O–H groups in total. The first-order valence-corrected chi connectivity index (χ1v) is 7.91. The topological polar surface area (TPSA) is 46.6 Å². The molecule has 0 saturated heterocycles. The minimum absolute atomic E-state index is 0.142. The van der Waals surface area contributed by atoms with Gasteiger partial charge in [-0.1, -0.05) is 28.4 Å². The molecule has 1 aliphatic carbocycles. The molecule has 1 heterocycles. The highest BCUT2D eigenvalue weighted by Gasteiger charge is 2.56. The summed E-state index contributed by atoms with van der Waals surface area (Å²) >= 11 is 3.41. The Morgan fingerprint density at radius 1 is 1.33 bits per heavy atom. The lowest BCUT2D eigenvalue weighted by Crippen LogP contribution is -2.48. The summed E-state index contributed by atoms with van der Waals surface area (Å²) in [5.74, 6) is -0.142. The lowest BCUT2D eigenvalue weighted by Gasteiger charge is -2.36. The van der Waals surface area contributed by atoms with Crippen molar-refractivity contribution in [2.75, 3.05) is 4.90 Å². The van der Waals surface area contributed by atoms with Gasteiger partial charge in [0.15, 0.2) is 0 Å². The monoisotopic (exact) mass is 351 g/mol. The van der Waals surface area contributed by atoms with Crippen LogP contribution in [0.1, 0.15) is 45.6 Å². The number of benzene rings is 1. The van der Waals surface area contributed by atoms with Crippen LogP contribution in [-0.4, -0.2) is 17.6 Å². The zero-order chi connectivity index (χ0) is 15.4. The first-order chi connectivity index (χ1) is 9.74. The van der Waals surface area contributed by atoms with Crippen LogP contribution in [-0.2, 0) is 14.9 Å². The summed E-state index contributed by atoms with van der Waals surface area (Å²) in [5.41, 5.74) is 0.474. The summed E-state index contributed by atoms with van der Waals surface area (Å²) in [6.45, 7) is 5.39. The second-order valence-corrected chi connectivity index (χ2v) is 7.63. The molecule has 0 bridgehead atoms. The number of fused-ring (bicyclic) bond motifs is 2. The maximum absolute atomic E-state index is 12.8. The number of carbonyl (C=O) groups is 2. The molecule has 1 fully saturated rings. The third-order valence-corrected chi connectivity index (χ3v) is 4.61. The van der Waals surface area contributed by atoms with Crippen molar-refractivity contribution in [1.82, 2.24) is 0 Å². The van der Waals surface area contributed by atoms with Crippen molar-refractivity contribution in [2.24, 2.45) is 0 Å². The van der Waals surface area contributed by atoms with E-state index in [2.05, 4.69) is 15.9 Å². The van der Waals surface area contributed by atoms with Crippen molar-refractivity contribution in [1.29, 1.82) is 0 Å². The molecule has 1 spiro atoms. The molecule has 1 saturated carbocycles. The summed E-state index contributed by atoms with van der Waals surface area (Å²) in [4.78, 5) is 26.5. The van der Waals surface area contributed by atoms with E-state index in [-0.39, 0.29) is 5.91 Å². The van der Waals surface area contributed by atoms with Gasteiger partial charge in [-0.05, 0) is 51.3 Å². The molecule has 1 aromatic rings. The van der Waals surface area contributed by atoms with Gasteiger partial charge in [-0.2, -0.15) is 0 Å². The molecular formula is C16H18BrNO3. The SMILES string of the molecule is CC(C)(C)OC(=O)N1C(=O)C2(CCC2)c2ccc(Br)cc21. The summed E-state index contributed by atoms with van der Waals surface area (Å²) in [7, 11) is 0. The molecule has 0 atom stereocenters. The van der Waals surface area contributed by atoms with E-state index in [1.165, 1.54) is 4.90 Å². The molecule has 1 aliphatic heterocycles. The van der Waals surface area contributed by atoms with E-state index in [0.717, 1.165) is 29.3 Å². The molecule has 5 heteroatoms. The lowest BCUT2D eigenvalue weighted by atomic mass is 9.65. The van der Waals surface area contributed by atoms with Crippen LogP contribution in [0, 0.1) is 0 Å². The Labute approximate surface area is 132 Å².